The van der Waals surface area contributed by atoms with E-state index in [1.165, 1.54) is 11.4 Å². The van der Waals surface area contributed by atoms with Gasteiger partial charge in [0.1, 0.15) is 5.75 Å². The molecule has 2 heterocycles. The monoisotopic (exact) mass is 440 g/mol. The second kappa shape index (κ2) is 8.16. The smallest absolute Gasteiger partial charge is 0.243 e. The number of rotatable bonds is 5. The predicted molar refractivity (Wildman–Crippen MR) is 116 cm³/mol. The normalized spacial score (nSPS) is 16.5. The van der Waals surface area contributed by atoms with Gasteiger partial charge >= 0.3 is 0 Å². The quantitative estimate of drug-likeness (QED) is 0.658. The van der Waals surface area contributed by atoms with Gasteiger partial charge in [0, 0.05) is 31.9 Å². The third kappa shape index (κ3) is 4.06. The number of aromatic nitrogens is 2. The highest BCUT2D eigenvalue weighted by atomic mass is 32.2. The Labute approximate surface area is 181 Å². The lowest BCUT2D eigenvalue weighted by atomic mass is 9.97. The number of nitrogens with zero attached hydrogens (tertiary/aromatic N) is 3. The molecule has 3 aromatic rings. The molecule has 1 amide bonds. The van der Waals surface area contributed by atoms with Crippen molar-refractivity contribution in [3.63, 3.8) is 0 Å². The molecule has 1 aromatic heterocycles. The minimum atomic E-state index is -3.77. The average Bonchev–Trinajstić information content (AvgIpc) is 3.13. The van der Waals surface area contributed by atoms with Crippen LogP contribution in [0.25, 0.3) is 0 Å². The molecule has 1 N–H and O–H groups in total. The van der Waals surface area contributed by atoms with E-state index in [9.17, 15) is 13.2 Å². The van der Waals surface area contributed by atoms with E-state index < -0.39 is 15.9 Å². The Morgan fingerprint density at radius 3 is 2.58 bits per heavy atom. The molecule has 0 aliphatic carbocycles. The lowest BCUT2D eigenvalue weighted by molar-refractivity contribution is -0.118. The van der Waals surface area contributed by atoms with Gasteiger partial charge in [0.05, 0.1) is 29.3 Å². The van der Waals surface area contributed by atoms with E-state index in [4.69, 9.17) is 4.74 Å². The van der Waals surface area contributed by atoms with Crippen molar-refractivity contribution in [1.29, 1.82) is 0 Å². The number of ether oxygens (including phenoxy) is 1. The van der Waals surface area contributed by atoms with Gasteiger partial charge in [0.2, 0.25) is 15.9 Å². The van der Waals surface area contributed by atoms with Gasteiger partial charge < -0.3 is 10.1 Å². The number of para-hydroxylation sites is 2. The lowest BCUT2D eigenvalue weighted by Gasteiger charge is -2.30. The number of anilines is 1. The zero-order valence-electron chi connectivity index (χ0n) is 17.6. The second-order valence-corrected chi connectivity index (χ2v) is 9.50. The molecule has 0 unspecified atom stereocenters. The van der Waals surface area contributed by atoms with Crippen molar-refractivity contribution >= 4 is 21.6 Å². The number of aryl methyl sites for hydroxylation is 2. The van der Waals surface area contributed by atoms with Crippen molar-refractivity contribution in [2.75, 3.05) is 19.0 Å². The number of fused-ring (bicyclic) bond motifs is 1. The number of carbonyl (C=O) groups is 1. The summed E-state index contributed by atoms with van der Waals surface area (Å²) in [4.78, 5) is 13.4. The van der Waals surface area contributed by atoms with E-state index in [0.29, 0.717) is 22.7 Å². The molecule has 0 bridgehead atoms. The maximum Gasteiger partial charge on any atom is 0.243 e. The zero-order valence-corrected chi connectivity index (χ0v) is 18.4. The Bertz CT molecular complexity index is 1220. The van der Waals surface area contributed by atoms with Gasteiger partial charge in [-0.25, -0.2) is 8.42 Å². The number of nitrogens with one attached hydrogen (secondary N) is 1. The minimum Gasteiger partial charge on any atom is -0.495 e. The van der Waals surface area contributed by atoms with Gasteiger partial charge in [-0.3, -0.25) is 9.48 Å². The van der Waals surface area contributed by atoms with Crippen LogP contribution < -0.4 is 10.1 Å². The summed E-state index contributed by atoms with van der Waals surface area (Å²) in [6.45, 7) is 2.07. The van der Waals surface area contributed by atoms with Crippen LogP contribution in [0.15, 0.2) is 59.6 Å². The number of carbonyl (C=O) groups excluding carboxylic acids is 1. The highest BCUT2D eigenvalue weighted by molar-refractivity contribution is 7.89. The molecule has 4 rings (SSSR count). The van der Waals surface area contributed by atoms with Crippen LogP contribution in [-0.2, 0) is 28.4 Å². The van der Waals surface area contributed by atoms with Gasteiger partial charge in [0.15, 0.2) is 0 Å². The first kappa shape index (κ1) is 21.1. The Hall–Kier alpha value is -3.17. The van der Waals surface area contributed by atoms with Crippen LogP contribution in [0.1, 0.15) is 22.7 Å². The number of methoxy groups -OCH3 is 1. The van der Waals surface area contributed by atoms with E-state index in [-0.39, 0.29) is 23.9 Å². The van der Waals surface area contributed by atoms with Crippen LogP contribution in [0, 0.1) is 6.92 Å². The molecule has 0 saturated carbocycles. The average molecular weight is 441 g/mol. The summed E-state index contributed by atoms with van der Waals surface area (Å²) < 4.78 is 34.8. The molecule has 1 atom stereocenters. The van der Waals surface area contributed by atoms with Crippen LogP contribution in [0.4, 0.5) is 5.69 Å². The standard InChI is InChI=1S/C22H24N4O4S/c1-15-8-10-17(11-9-15)31(28,29)26-13-16-12-25(2)24-21(16)18(14-26)22(27)23-19-6-4-5-7-20(19)30-3/h4-12,18H,13-14H2,1-3H3,(H,23,27)/t18-/m1/s1. The third-order valence-electron chi connectivity index (χ3n) is 5.34. The number of amides is 1. The molecule has 9 heteroatoms. The third-order valence-corrected chi connectivity index (χ3v) is 7.17. The minimum absolute atomic E-state index is 0.00120. The van der Waals surface area contributed by atoms with E-state index in [1.54, 1.807) is 60.4 Å². The first-order chi connectivity index (χ1) is 14.8. The van der Waals surface area contributed by atoms with E-state index in [2.05, 4.69) is 10.4 Å². The molecule has 0 spiro atoms. The summed E-state index contributed by atoms with van der Waals surface area (Å²) >= 11 is 0. The maximum absolute atomic E-state index is 13.3. The summed E-state index contributed by atoms with van der Waals surface area (Å²) in [7, 11) is -0.490. The van der Waals surface area contributed by atoms with Crippen LogP contribution in [0.3, 0.4) is 0 Å². The van der Waals surface area contributed by atoms with Crippen LogP contribution in [0.2, 0.25) is 0 Å². The summed E-state index contributed by atoms with van der Waals surface area (Å²) in [5.74, 6) is -0.569. The van der Waals surface area contributed by atoms with Crippen molar-refractivity contribution in [3.05, 3.63) is 71.5 Å². The molecule has 8 nitrogen and oxygen atoms in total. The largest absolute Gasteiger partial charge is 0.495 e. The molecule has 31 heavy (non-hydrogen) atoms. The summed E-state index contributed by atoms with van der Waals surface area (Å²) in [6, 6.07) is 13.8. The highest BCUT2D eigenvalue weighted by Crippen LogP contribution is 2.33. The molecule has 162 valence electrons. The van der Waals surface area contributed by atoms with Crippen molar-refractivity contribution in [2.45, 2.75) is 24.3 Å². The second-order valence-electron chi connectivity index (χ2n) is 7.57. The summed E-state index contributed by atoms with van der Waals surface area (Å²) in [5.41, 5.74) is 2.79. The molecule has 0 fully saturated rings. The number of hydrogen-bond donors (Lipinski definition) is 1. The maximum atomic E-state index is 13.3. The van der Waals surface area contributed by atoms with Crippen molar-refractivity contribution in [3.8, 4) is 5.75 Å². The first-order valence-electron chi connectivity index (χ1n) is 9.82. The Morgan fingerprint density at radius 1 is 1.16 bits per heavy atom. The summed E-state index contributed by atoms with van der Waals surface area (Å²) in [5, 5.41) is 7.31. The lowest BCUT2D eigenvalue weighted by Crippen LogP contribution is -2.41. The molecular weight excluding hydrogens is 416 g/mol. The van der Waals surface area contributed by atoms with Crippen LogP contribution in [-0.4, -0.2) is 42.1 Å². The van der Waals surface area contributed by atoms with Crippen molar-refractivity contribution in [1.82, 2.24) is 14.1 Å². The Balaban J connectivity index is 1.67. The van der Waals surface area contributed by atoms with E-state index in [1.807, 2.05) is 13.0 Å². The van der Waals surface area contributed by atoms with Crippen LogP contribution in [0.5, 0.6) is 5.75 Å². The number of hydrogen-bond acceptors (Lipinski definition) is 5. The van der Waals surface area contributed by atoms with Crippen LogP contribution >= 0.6 is 0 Å². The summed E-state index contributed by atoms with van der Waals surface area (Å²) in [6.07, 6.45) is 1.76. The number of benzene rings is 2. The van der Waals surface area contributed by atoms with Gasteiger partial charge in [-0.1, -0.05) is 29.8 Å². The molecule has 2 aromatic carbocycles. The fourth-order valence-electron chi connectivity index (χ4n) is 3.73. The fraction of sp³-hybridized carbons (Fsp3) is 0.273. The molecule has 0 saturated heterocycles. The topological polar surface area (TPSA) is 93.5 Å². The van der Waals surface area contributed by atoms with Gasteiger partial charge in [0.25, 0.3) is 0 Å². The van der Waals surface area contributed by atoms with Crippen molar-refractivity contribution in [2.24, 2.45) is 7.05 Å². The zero-order chi connectivity index (χ0) is 22.2. The molecule has 0 radical (unpaired) electrons. The molecular formula is C22H24N4O4S. The Morgan fingerprint density at radius 2 is 1.87 bits per heavy atom. The van der Waals surface area contributed by atoms with Gasteiger partial charge in [-0.05, 0) is 31.2 Å². The van der Waals surface area contributed by atoms with Crippen molar-refractivity contribution < 1.29 is 17.9 Å². The van der Waals surface area contributed by atoms with Gasteiger partial charge in [-0.2, -0.15) is 9.40 Å². The fourth-order valence-corrected chi connectivity index (χ4v) is 5.16. The van der Waals surface area contributed by atoms with E-state index in [0.717, 1.165) is 5.56 Å². The molecule has 1 aliphatic rings. The number of sulfonamides is 1. The van der Waals surface area contributed by atoms with E-state index >= 15 is 0 Å². The SMILES string of the molecule is COc1ccccc1NC(=O)[C@@H]1CN(S(=O)(=O)c2ccc(C)cc2)Cc2cn(C)nc21. The highest BCUT2D eigenvalue weighted by Gasteiger charge is 2.38. The predicted octanol–water partition coefficient (Wildman–Crippen LogP) is 2.66. The molecule has 1 aliphatic heterocycles. The first-order valence-corrected chi connectivity index (χ1v) is 11.3. The van der Waals surface area contributed by atoms with Gasteiger partial charge in [-0.15, -0.1) is 0 Å². The Kier molecular flexibility index (Phi) is 5.55.